The molecule has 2 saturated heterocycles. The van der Waals surface area contributed by atoms with Crippen LogP contribution < -0.4 is 4.74 Å². The lowest BCUT2D eigenvalue weighted by Crippen LogP contribution is -2.67. The fourth-order valence-electron chi connectivity index (χ4n) is 4.89. The number of para-hydroxylation sites is 1. The standard InChI is InChI=1S/C25H30N2O4S/c1-31-24-8-4-3-7-20(24)12-9-19-10-13-21(14-11-19)25-22-17-26(32(2,29)30)15-5-6-16-27(22)23(25)18-28/h3-4,7-8,10-11,13-14,22-23,25,28H,5-6,15-18H2,1-2H3/t22-,23-,25-/m0/s1. The molecule has 6 nitrogen and oxygen atoms in total. The van der Waals surface area contributed by atoms with Crippen molar-refractivity contribution < 1.29 is 18.3 Å². The summed E-state index contributed by atoms with van der Waals surface area (Å²) >= 11 is 0. The van der Waals surface area contributed by atoms with Gasteiger partial charge < -0.3 is 9.84 Å². The summed E-state index contributed by atoms with van der Waals surface area (Å²) in [5, 5.41) is 10.1. The van der Waals surface area contributed by atoms with E-state index >= 15 is 0 Å². The van der Waals surface area contributed by atoms with Gasteiger partial charge in [-0.2, -0.15) is 0 Å². The molecule has 0 radical (unpaired) electrons. The minimum absolute atomic E-state index is 0.0185. The molecule has 0 amide bonds. The van der Waals surface area contributed by atoms with Crippen LogP contribution in [0.3, 0.4) is 0 Å². The van der Waals surface area contributed by atoms with Gasteiger partial charge in [0.05, 0.1) is 25.5 Å². The Kier molecular flexibility index (Phi) is 6.87. The molecule has 0 bridgehead atoms. The van der Waals surface area contributed by atoms with E-state index in [0.29, 0.717) is 13.1 Å². The summed E-state index contributed by atoms with van der Waals surface area (Å²) in [5.74, 6) is 7.19. The van der Waals surface area contributed by atoms with E-state index in [1.165, 1.54) is 6.26 Å². The van der Waals surface area contributed by atoms with Crippen molar-refractivity contribution in [3.8, 4) is 17.6 Å². The van der Waals surface area contributed by atoms with Crippen molar-refractivity contribution in [2.75, 3.05) is 39.6 Å². The van der Waals surface area contributed by atoms with E-state index in [1.807, 2.05) is 36.4 Å². The predicted octanol–water partition coefficient (Wildman–Crippen LogP) is 2.28. The molecular weight excluding hydrogens is 424 g/mol. The fourth-order valence-corrected chi connectivity index (χ4v) is 5.77. The minimum atomic E-state index is -3.25. The van der Waals surface area contributed by atoms with Crippen LogP contribution in [0.5, 0.6) is 5.75 Å². The summed E-state index contributed by atoms with van der Waals surface area (Å²) in [5.41, 5.74) is 2.85. The molecule has 2 aromatic rings. The van der Waals surface area contributed by atoms with E-state index in [1.54, 1.807) is 11.4 Å². The maximum absolute atomic E-state index is 12.2. The van der Waals surface area contributed by atoms with Gasteiger partial charge in [0.1, 0.15) is 5.75 Å². The van der Waals surface area contributed by atoms with Crippen LogP contribution in [0.25, 0.3) is 0 Å². The van der Waals surface area contributed by atoms with E-state index in [0.717, 1.165) is 41.8 Å². The molecule has 7 heteroatoms. The second-order valence-corrected chi connectivity index (χ2v) is 10.5. The fraction of sp³-hybridized carbons (Fsp3) is 0.440. The normalized spacial score (nSPS) is 24.3. The highest BCUT2D eigenvalue weighted by Crippen LogP contribution is 2.42. The van der Waals surface area contributed by atoms with Crippen molar-refractivity contribution in [2.45, 2.75) is 30.8 Å². The lowest BCUT2D eigenvalue weighted by Gasteiger charge is -2.57. The number of hydrogen-bond donors (Lipinski definition) is 1. The van der Waals surface area contributed by atoms with Crippen LogP contribution in [0, 0.1) is 11.8 Å². The highest BCUT2D eigenvalue weighted by molar-refractivity contribution is 7.88. The first kappa shape index (κ1) is 22.8. The Balaban J connectivity index is 1.55. The van der Waals surface area contributed by atoms with Gasteiger partial charge in [0.2, 0.25) is 10.0 Å². The molecule has 0 aromatic heterocycles. The molecule has 0 aliphatic carbocycles. The van der Waals surface area contributed by atoms with Gasteiger partial charge in [-0.1, -0.05) is 36.1 Å². The van der Waals surface area contributed by atoms with Crippen LogP contribution in [0.4, 0.5) is 0 Å². The van der Waals surface area contributed by atoms with Crippen LogP contribution >= 0.6 is 0 Å². The summed E-state index contributed by atoms with van der Waals surface area (Å²) < 4.78 is 31.4. The third kappa shape index (κ3) is 4.69. The summed E-state index contributed by atoms with van der Waals surface area (Å²) in [6.45, 7) is 1.99. The van der Waals surface area contributed by atoms with Gasteiger partial charge >= 0.3 is 0 Å². The van der Waals surface area contributed by atoms with Gasteiger partial charge in [-0.15, -0.1) is 0 Å². The van der Waals surface area contributed by atoms with E-state index in [9.17, 15) is 13.5 Å². The maximum Gasteiger partial charge on any atom is 0.211 e. The molecule has 2 aliphatic rings. The minimum Gasteiger partial charge on any atom is -0.495 e. The Morgan fingerprint density at radius 1 is 1.06 bits per heavy atom. The van der Waals surface area contributed by atoms with E-state index < -0.39 is 10.0 Å². The third-order valence-corrected chi connectivity index (χ3v) is 7.82. The third-order valence-electron chi connectivity index (χ3n) is 6.55. The van der Waals surface area contributed by atoms with Gasteiger partial charge in [-0.3, -0.25) is 4.90 Å². The highest BCUT2D eigenvalue weighted by Gasteiger charge is 2.49. The number of hydrogen-bond acceptors (Lipinski definition) is 5. The lowest BCUT2D eigenvalue weighted by atomic mass is 9.74. The average Bonchev–Trinajstić information content (AvgIpc) is 2.76. The number of aliphatic hydroxyl groups is 1. The summed E-state index contributed by atoms with van der Waals surface area (Å²) in [7, 11) is -1.61. The Bertz CT molecular complexity index is 1100. The Hall–Kier alpha value is -2.37. The van der Waals surface area contributed by atoms with Crippen molar-refractivity contribution in [3.63, 3.8) is 0 Å². The molecule has 2 heterocycles. The van der Waals surface area contributed by atoms with Crippen LogP contribution in [0.15, 0.2) is 48.5 Å². The average molecular weight is 455 g/mol. The molecule has 2 fully saturated rings. The predicted molar refractivity (Wildman–Crippen MR) is 125 cm³/mol. The first-order chi connectivity index (χ1) is 15.4. The summed E-state index contributed by atoms with van der Waals surface area (Å²) in [6.07, 6.45) is 3.06. The number of methoxy groups -OCH3 is 1. The van der Waals surface area contributed by atoms with E-state index in [4.69, 9.17) is 4.74 Å². The van der Waals surface area contributed by atoms with Crippen LogP contribution in [-0.4, -0.2) is 74.4 Å². The van der Waals surface area contributed by atoms with E-state index in [2.05, 4.69) is 28.9 Å². The number of sulfonamides is 1. The smallest absolute Gasteiger partial charge is 0.211 e. The number of fused-ring (bicyclic) bond motifs is 1. The molecule has 170 valence electrons. The number of nitrogens with zero attached hydrogens (tertiary/aromatic N) is 2. The quantitative estimate of drug-likeness (QED) is 0.718. The molecule has 2 aliphatic heterocycles. The summed E-state index contributed by atoms with van der Waals surface area (Å²) in [4.78, 5) is 2.28. The molecule has 2 aromatic carbocycles. The maximum atomic E-state index is 12.2. The van der Waals surface area contributed by atoms with Crippen LogP contribution in [-0.2, 0) is 10.0 Å². The SMILES string of the molecule is COc1ccccc1C#Cc1ccc([C@@H]2[C@H](CO)N3CCCCN(S(C)(=O)=O)C[C@@H]23)cc1. The second-order valence-electron chi connectivity index (χ2n) is 8.48. The van der Waals surface area contributed by atoms with Crippen LogP contribution in [0.2, 0.25) is 0 Å². The van der Waals surface area contributed by atoms with Crippen molar-refractivity contribution in [2.24, 2.45) is 0 Å². The molecule has 32 heavy (non-hydrogen) atoms. The van der Waals surface area contributed by atoms with Crippen molar-refractivity contribution in [1.29, 1.82) is 0 Å². The zero-order chi connectivity index (χ0) is 22.7. The molecular formula is C25H30N2O4S. The number of benzene rings is 2. The molecule has 0 unspecified atom stereocenters. The van der Waals surface area contributed by atoms with Crippen molar-refractivity contribution in [1.82, 2.24) is 9.21 Å². The number of aliphatic hydroxyl groups excluding tert-OH is 1. The first-order valence-corrected chi connectivity index (χ1v) is 12.8. The monoisotopic (exact) mass is 454 g/mol. The number of ether oxygens (including phenoxy) is 1. The zero-order valence-electron chi connectivity index (χ0n) is 18.6. The van der Waals surface area contributed by atoms with Gasteiger partial charge in [0.25, 0.3) is 0 Å². The summed E-state index contributed by atoms with van der Waals surface area (Å²) in [6, 6.07) is 15.9. The van der Waals surface area contributed by atoms with Gasteiger partial charge in [-0.25, -0.2) is 12.7 Å². The molecule has 0 spiro atoms. The van der Waals surface area contributed by atoms with Crippen LogP contribution in [0.1, 0.15) is 35.4 Å². The Morgan fingerprint density at radius 2 is 1.78 bits per heavy atom. The molecule has 3 atom stereocenters. The zero-order valence-corrected chi connectivity index (χ0v) is 19.4. The topological polar surface area (TPSA) is 70.1 Å². The Labute approximate surface area is 190 Å². The molecule has 0 saturated carbocycles. The first-order valence-electron chi connectivity index (χ1n) is 11.0. The van der Waals surface area contributed by atoms with Gasteiger partial charge in [0.15, 0.2) is 0 Å². The van der Waals surface area contributed by atoms with E-state index in [-0.39, 0.29) is 24.6 Å². The number of rotatable bonds is 4. The lowest BCUT2D eigenvalue weighted by molar-refractivity contribution is -0.0553. The Morgan fingerprint density at radius 3 is 2.47 bits per heavy atom. The largest absolute Gasteiger partial charge is 0.495 e. The van der Waals surface area contributed by atoms with Gasteiger partial charge in [-0.05, 0) is 49.2 Å². The molecule has 4 rings (SSSR count). The van der Waals surface area contributed by atoms with Crippen molar-refractivity contribution >= 4 is 10.0 Å². The van der Waals surface area contributed by atoms with Gasteiger partial charge in [0, 0.05) is 36.7 Å². The second kappa shape index (κ2) is 9.63. The van der Waals surface area contributed by atoms with Crippen molar-refractivity contribution in [3.05, 3.63) is 65.2 Å². The molecule has 1 N–H and O–H groups in total. The highest BCUT2D eigenvalue weighted by atomic mass is 32.2.